The van der Waals surface area contributed by atoms with Crippen molar-refractivity contribution in [2.24, 2.45) is 5.92 Å². The molecule has 100 valence electrons. The Hall–Kier alpha value is -0.610. The number of amides is 1. The number of ether oxygens (including phenoxy) is 1. The molecule has 17 heavy (non-hydrogen) atoms. The van der Waals surface area contributed by atoms with E-state index in [1.807, 2.05) is 18.7 Å². The fourth-order valence-electron chi connectivity index (χ4n) is 2.36. The van der Waals surface area contributed by atoms with Crippen LogP contribution in [0.1, 0.15) is 34.1 Å². The number of piperidine rings is 1. The van der Waals surface area contributed by atoms with Gasteiger partial charge in [0.05, 0.1) is 0 Å². The molecule has 1 amide bonds. The number of hydrogen-bond donors (Lipinski definition) is 1. The maximum absolute atomic E-state index is 12.2. The monoisotopic (exact) mass is 242 g/mol. The highest BCUT2D eigenvalue weighted by molar-refractivity contribution is 5.84. The minimum Gasteiger partial charge on any atom is -0.369 e. The number of carbonyl (C=O) groups excluding carboxylic acids is 1. The van der Waals surface area contributed by atoms with E-state index in [2.05, 4.69) is 19.2 Å². The molecule has 0 radical (unpaired) electrons. The highest BCUT2D eigenvalue weighted by Crippen LogP contribution is 2.21. The summed E-state index contributed by atoms with van der Waals surface area (Å²) in [6.45, 7) is 10.6. The highest BCUT2D eigenvalue weighted by atomic mass is 16.5. The maximum atomic E-state index is 12.2. The fourth-order valence-corrected chi connectivity index (χ4v) is 2.36. The summed E-state index contributed by atoms with van der Waals surface area (Å²) in [4.78, 5) is 14.2. The minimum absolute atomic E-state index is 0.0989. The quantitative estimate of drug-likeness (QED) is 0.807. The molecule has 2 unspecified atom stereocenters. The Bertz CT molecular complexity index is 266. The van der Waals surface area contributed by atoms with E-state index in [1.165, 1.54) is 0 Å². The summed E-state index contributed by atoms with van der Waals surface area (Å²) in [7, 11) is 1.59. The molecule has 4 heteroatoms. The van der Waals surface area contributed by atoms with Crippen LogP contribution in [0.3, 0.4) is 0 Å². The molecule has 0 saturated carbocycles. The van der Waals surface area contributed by atoms with E-state index in [-0.39, 0.29) is 5.91 Å². The predicted octanol–water partition coefficient (Wildman–Crippen LogP) is 1.26. The molecule has 0 bridgehead atoms. The summed E-state index contributed by atoms with van der Waals surface area (Å²) in [6.07, 6.45) is 1.03. The molecular weight excluding hydrogens is 216 g/mol. The lowest BCUT2D eigenvalue weighted by Gasteiger charge is -2.40. The van der Waals surface area contributed by atoms with Gasteiger partial charge in [-0.25, -0.2) is 0 Å². The van der Waals surface area contributed by atoms with Crippen LogP contribution in [0.5, 0.6) is 0 Å². The van der Waals surface area contributed by atoms with E-state index in [0.717, 1.165) is 26.1 Å². The summed E-state index contributed by atoms with van der Waals surface area (Å²) in [5.41, 5.74) is -0.704. The standard InChI is InChI=1S/C13H26N2O2/c1-6-14-11-7-8-15(9-10(11)2)12(16)13(3,4)17-5/h10-11,14H,6-9H2,1-5H3. The summed E-state index contributed by atoms with van der Waals surface area (Å²) in [5, 5.41) is 3.48. The molecule has 1 fully saturated rings. The van der Waals surface area contributed by atoms with Crippen LogP contribution in [0.15, 0.2) is 0 Å². The van der Waals surface area contributed by atoms with E-state index in [0.29, 0.717) is 12.0 Å². The summed E-state index contributed by atoms with van der Waals surface area (Å²) >= 11 is 0. The number of likely N-dealkylation sites (tertiary alicyclic amines) is 1. The molecule has 0 aromatic heterocycles. The Balaban J connectivity index is 2.58. The molecule has 0 aromatic carbocycles. The van der Waals surface area contributed by atoms with Crippen molar-refractivity contribution in [2.75, 3.05) is 26.7 Å². The maximum Gasteiger partial charge on any atom is 0.254 e. The minimum atomic E-state index is -0.704. The number of rotatable bonds is 4. The van der Waals surface area contributed by atoms with Crippen LogP contribution >= 0.6 is 0 Å². The molecule has 2 atom stereocenters. The second-order valence-electron chi connectivity index (χ2n) is 5.40. The SMILES string of the molecule is CCNC1CCN(C(=O)C(C)(C)OC)CC1C. The van der Waals surface area contributed by atoms with Crippen LogP contribution in [0.2, 0.25) is 0 Å². The molecule has 0 spiro atoms. The molecular formula is C13H26N2O2. The number of methoxy groups -OCH3 is 1. The second kappa shape index (κ2) is 5.83. The van der Waals surface area contributed by atoms with E-state index in [1.54, 1.807) is 7.11 Å². The summed E-state index contributed by atoms with van der Waals surface area (Å²) < 4.78 is 5.26. The van der Waals surface area contributed by atoms with Gasteiger partial charge in [-0.15, -0.1) is 0 Å². The highest BCUT2D eigenvalue weighted by Gasteiger charge is 2.35. The van der Waals surface area contributed by atoms with Gasteiger partial charge in [0.15, 0.2) is 0 Å². The lowest BCUT2D eigenvalue weighted by atomic mass is 9.92. The van der Waals surface area contributed by atoms with Gasteiger partial charge in [0.2, 0.25) is 0 Å². The van der Waals surface area contributed by atoms with Gasteiger partial charge in [-0.05, 0) is 32.7 Å². The first kappa shape index (κ1) is 14.5. The van der Waals surface area contributed by atoms with Crippen LogP contribution < -0.4 is 5.32 Å². The van der Waals surface area contributed by atoms with E-state index in [4.69, 9.17) is 4.74 Å². The first-order chi connectivity index (χ1) is 7.92. The van der Waals surface area contributed by atoms with Gasteiger partial charge in [0.1, 0.15) is 5.60 Å². The molecule has 1 rings (SSSR count). The first-order valence-corrected chi connectivity index (χ1v) is 6.50. The van der Waals surface area contributed by atoms with Crippen LogP contribution in [0.25, 0.3) is 0 Å². The summed E-state index contributed by atoms with van der Waals surface area (Å²) in [6, 6.07) is 0.537. The van der Waals surface area contributed by atoms with E-state index >= 15 is 0 Å². The van der Waals surface area contributed by atoms with E-state index < -0.39 is 5.60 Å². The van der Waals surface area contributed by atoms with E-state index in [9.17, 15) is 4.79 Å². The zero-order valence-corrected chi connectivity index (χ0v) is 11.7. The smallest absolute Gasteiger partial charge is 0.254 e. The molecule has 0 aromatic rings. The van der Waals surface area contributed by atoms with Crippen molar-refractivity contribution < 1.29 is 9.53 Å². The fraction of sp³-hybridized carbons (Fsp3) is 0.923. The van der Waals surface area contributed by atoms with Gasteiger partial charge in [-0.2, -0.15) is 0 Å². The number of nitrogens with one attached hydrogen (secondary N) is 1. The first-order valence-electron chi connectivity index (χ1n) is 6.50. The normalized spacial score (nSPS) is 26.1. The molecule has 1 heterocycles. The van der Waals surface area contributed by atoms with Gasteiger partial charge in [0, 0.05) is 26.2 Å². The number of hydrogen-bond acceptors (Lipinski definition) is 3. The van der Waals surface area contributed by atoms with Crippen molar-refractivity contribution in [1.82, 2.24) is 10.2 Å². The third kappa shape index (κ3) is 3.42. The second-order valence-corrected chi connectivity index (χ2v) is 5.40. The van der Waals surface area contributed by atoms with Crippen LogP contribution in [-0.4, -0.2) is 49.2 Å². The van der Waals surface area contributed by atoms with Gasteiger partial charge in [0.25, 0.3) is 5.91 Å². The zero-order chi connectivity index (χ0) is 13.1. The molecule has 1 aliphatic heterocycles. The van der Waals surface area contributed by atoms with Gasteiger partial charge in [-0.3, -0.25) is 4.79 Å². The van der Waals surface area contributed by atoms with Gasteiger partial charge >= 0.3 is 0 Å². The van der Waals surface area contributed by atoms with Crippen molar-refractivity contribution in [3.63, 3.8) is 0 Å². The van der Waals surface area contributed by atoms with Crippen molar-refractivity contribution in [2.45, 2.75) is 45.8 Å². The van der Waals surface area contributed by atoms with Crippen molar-refractivity contribution in [1.29, 1.82) is 0 Å². The van der Waals surface area contributed by atoms with Crippen LogP contribution in [-0.2, 0) is 9.53 Å². The topological polar surface area (TPSA) is 41.6 Å². The van der Waals surface area contributed by atoms with Gasteiger partial charge < -0.3 is 15.0 Å². The average Bonchev–Trinajstić information content (AvgIpc) is 2.31. The lowest BCUT2D eigenvalue weighted by Crippen LogP contribution is -2.54. The van der Waals surface area contributed by atoms with Crippen molar-refractivity contribution >= 4 is 5.91 Å². The lowest BCUT2D eigenvalue weighted by molar-refractivity contribution is -0.153. The molecule has 1 saturated heterocycles. The Morgan fingerprint density at radius 3 is 2.65 bits per heavy atom. The van der Waals surface area contributed by atoms with Gasteiger partial charge in [-0.1, -0.05) is 13.8 Å². The van der Waals surface area contributed by atoms with Crippen molar-refractivity contribution in [3.05, 3.63) is 0 Å². The number of nitrogens with zero attached hydrogens (tertiary/aromatic N) is 1. The molecule has 1 aliphatic rings. The molecule has 0 aliphatic carbocycles. The summed E-state index contributed by atoms with van der Waals surface area (Å²) in [5.74, 6) is 0.599. The Morgan fingerprint density at radius 2 is 2.18 bits per heavy atom. The molecule has 1 N–H and O–H groups in total. The third-order valence-electron chi connectivity index (χ3n) is 3.68. The Kier molecular flexibility index (Phi) is 4.95. The zero-order valence-electron chi connectivity index (χ0n) is 11.7. The largest absolute Gasteiger partial charge is 0.369 e. The Morgan fingerprint density at radius 1 is 1.53 bits per heavy atom. The number of carbonyl (C=O) groups is 1. The average molecular weight is 242 g/mol. The van der Waals surface area contributed by atoms with Crippen LogP contribution in [0.4, 0.5) is 0 Å². The Labute approximate surface area is 105 Å². The van der Waals surface area contributed by atoms with Crippen molar-refractivity contribution in [3.8, 4) is 0 Å². The predicted molar refractivity (Wildman–Crippen MR) is 68.9 cm³/mol. The third-order valence-corrected chi connectivity index (χ3v) is 3.68. The molecule has 4 nitrogen and oxygen atoms in total. The van der Waals surface area contributed by atoms with Crippen LogP contribution in [0, 0.1) is 5.92 Å².